The van der Waals surface area contributed by atoms with Crippen molar-refractivity contribution in [3.63, 3.8) is 0 Å². The number of carbonyl (C=O) groups is 2. The van der Waals surface area contributed by atoms with E-state index in [-0.39, 0.29) is 44.1 Å². The summed E-state index contributed by atoms with van der Waals surface area (Å²) in [5.41, 5.74) is 32.9. The molecule has 2 heterocycles. The fourth-order valence-corrected chi connectivity index (χ4v) is 16.9. The number of ether oxygens (including phenoxy) is 1. The van der Waals surface area contributed by atoms with E-state index in [0.717, 1.165) is 92.5 Å². The van der Waals surface area contributed by atoms with Crippen LogP contribution >= 0.6 is 126 Å². The highest BCUT2D eigenvalue weighted by atomic mass is 79.9. The van der Waals surface area contributed by atoms with E-state index in [1.54, 1.807) is 53.0 Å². The Morgan fingerprint density at radius 3 is 1.16 bits per heavy atom. The van der Waals surface area contributed by atoms with Crippen molar-refractivity contribution in [2.24, 2.45) is 0 Å². The molecule has 7 N–H and O–H groups in total. The number of amides is 1. The summed E-state index contributed by atoms with van der Waals surface area (Å²) in [5.74, 6) is 0.688. The molecule has 0 aliphatic rings. The number of hydrogen-bond acceptors (Lipinski definition) is 11. The Morgan fingerprint density at radius 2 is 0.763 bits per heavy atom. The maximum Gasteiger partial charge on any atom is 0.256 e. The molecule has 0 saturated heterocycles. The number of methoxy groups -OCH3 is 1. The Bertz CT molecular complexity index is 5380. The summed E-state index contributed by atoms with van der Waals surface area (Å²) >= 11 is 32.1. The summed E-state index contributed by atoms with van der Waals surface area (Å²) < 4.78 is 12.3. The molecule has 0 fully saturated rings. The topological polar surface area (TPSA) is 165 Å². The third kappa shape index (κ3) is 28.1. The molecule has 13 aromatic rings. The molecule has 2 aromatic heterocycles. The minimum absolute atomic E-state index is 0.0844. The summed E-state index contributed by atoms with van der Waals surface area (Å²) in [6.07, 6.45) is 0. The molecule has 0 atom stereocenters. The summed E-state index contributed by atoms with van der Waals surface area (Å²) in [6, 6.07) is 73.7. The number of thiocarbonyl (C=S) groups is 1. The zero-order chi connectivity index (χ0) is 87.7. The molecule has 0 aliphatic heterocycles. The van der Waals surface area contributed by atoms with Gasteiger partial charge in [0, 0.05) is 50.4 Å². The smallest absolute Gasteiger partial charge is 0.256 e. The highest BCUT2D eigenvalue weighted by Gasteiger charge is 2.24. The van der Waals surface area contributed by atoms with Crippen LogP contribution in [0.1, 0.15) is 201 Å². The average molecular weight is 1980 g/mol. The van der Waals surface area contributed by atoms with E-state index in [4.69, 9.17) is 45.0 Å². The van der Waals surface area contributed by atoms with Crippen LogP contribution in [0.2, 0.25) is 0 Å². The van der Waals surface area contributed by atoms with Crippen molar-refractivity contribution in [1.82, 2.24) is 9.97 Å². The zero-order valence-corrected chi connectivity index (χ0v) is 82.7. The number of rotatable bonds is 8. The number of halogens is 6. The number of anilines is 4. The van der Waals surface area contributed by atoms with Gasteiger partial charge in [-0.05, 0) is 298 Å². The lowest BCUT2D eigenvalue weighted by Crippen LogP contribution is -2.15. The van der Waals surface area contributed by atoms with E-state index in [1.165, 1.54) is 61.9 Å². The van der Waals surface area contributed by atoms with Crippen LogP contribution in [-0.2, 0) is 32.5 Å². The van der Waals surface area contributed by atoms with E-state index < -0.39 is 5.24 Å². The number of phenolic OH excluding ortho intramolecular Hbond substituents is 1. The number of phenols is 1. The van der Waals surface area contributed by atoms with Crippen molar-refractivity contribution in [1.29, 1.82) is 0 Å². The first-order chi connectivity index (χ1) is 55.0. The van der Waals surface area contributed by atoms with E-state index in [2.05, 4.69) is 343 Å². The number of thiazole rings is 2. The quantitative estimate of drug-likeness (QED) is 0.0562. The van der Waals surface area contributed by atoms with Crippen LogP contribution in [0.4, 0.5) is 22.7 Å². The highest BCUT2D eigenvalue weighted by Crippen LogP contribution is 2.42. The third-order valence-electron chi connectivity index (χ3n) is 19.0. The first-order valence-corrected chi connectivity index (χ1v) is 45.0. The van der Waals surface area contributed by atoms with Crippen molar-refractivity contribution in [3.8, 4) is 32.6 Å². The fourth-order valence-electron chi connectivity index (χ4n) is 11.5. The van der Waals surface area contributed by atoms with Crippen molar-refractivity contribution >= 4 is 185 Å². The maximum atomic E-state index is 12.3. The minimum Gasteiger partial charge on any atom is -0.507 e. The molecule has 0 aliphatic carbocycles. The van der Waals surface area contributed by atoms with Gasteiger partial charge in [-0.1, -0.05) is 258 Å². The van der Waals surface area contributed by atoms with Gasteiger partial charge in [-0.25, -0.2) is 9.97 Å². The summed E-state index contributed by atoms with van der Waals surface area (Å²) in [7, 11) is 1.50. The molecule has 0 radical (unpaired) electrons. The lowest BCUT2D eigenvalue weighted by Gasteiger charge is -2.20. The van der Waals surface area contributed by atoms with Crippen LogP contribution in [0.25, 0.3) is 41.6 Å². The number of hydrogen-bond donors (Lipinski definition) is 5. The highest BCUT2D eigenvalue weighted by molar-refractivity contribution is 9.11. The SMILES string of the molecule is CC(C)(C)c1cc(Br)c2nc(-c3ccccc3O)sc2c1.CC(C)(C)c1ccc(N)c(Br)c1.CC(C)(C)c1ccc(N)cc1.COc1ccccc1C(=O)Cl.Cc1ccccc1-c1nc2c(Br)cc(C(C)(C)C)cc2s1.Cc1ccccc1C(=O)Nc1ccc(C(C)(C)C)cc1Br.Cc1ccccc1C(=S)Nc1ccc(C(C)(C)C)cc1Br. The van der Waals surface area contributed by atoms with Gasteiger partial charge in [-0.3, -0.25) is 9.59 Å². The lowest BCUT2D eigenvalue weighted by atomic mass is 9.87. The Labute approximate surface area is 760 Å². The van der Waals surface area contributed by atoms with Gasteiger partial charge in [0.05, 0.1) is 50.0 Å². The number of aryl methyl sites for hydroxylation is 3. The van der Waals surface area contributed by atoms with Gasteiger partial charge in [0.25, 0.3) is 11.1 Å². The second-order valence-electron chi connectivity index (χ2n) is 34.7. The van der Waals surface area contributed by atoms with E-state index >= 15 is 0 Å². The monoisotopic (exact) mass is 1970 g/mol. The Kier molecular flexibility index (Phi) is 34.7. The Balaban J connectivity index is 0.000000193. The van der Waals surface area contributed by atoms with Gasteiger partial charge in [0.1, 0.15) is 26.5 Å². The van der Waals surface area contributed by atoms with Gasteiger partial charge in [0.15, 0.2) is 0 Å². The van der Waals surface area contributed by atoms with Crippen LogP contribution < -0.4 is 26.8 Å². The van der Waals surface area contributed by atoms with Crippen LogP contribution in [0.5, 0.6) is 11.5 Å². The summed E-state index contributed by atoms with van der Waals surface area (Å²) in [4.78, 5) is 33.3. The number of carbonyl (C=O) groups excluding carboxylic acids is 2. The molecule has 10 nitrogen and oxygen atoms in total. The molecule has 19 heteroatoms. The Hall–Kier alpha value is -7.88. The number of aromatic hydroxyl groups is 1. The van der Waals surface area contributed by atoms with E-state index in [1.807, 2.05) is 91.9 Å². The minimum atomic E-state index is -0.498. The van der Waals surface area contributed by atoms with Crippen LogP contribution in [-0.4, -0.2) is 38.3 Å². The van der Waals surface area contributed by atoms with Gasteiger partial charge in [0.2, 0.25) is 0 Å². The lowest BCUT2D eigenvalue weighted by molar-refractivity contribution is 0.102. The third-order valence-corrected chi connectivity index (χ3v) is 24.9. The molecule has 1 amide bonds. The van der Waals surface area contributed by atoms with Gasteiger partial charge < -0.3 is 31.9 Å². The molecular weight excluding hydrogens is 1870 g/mol. The summed E-state index contributed by atoms with van der Waals surface area (Å²) in [5, 5.41) is 17.7. The van der Waals surface area contributed by atoms with Crippen molar-refractivity contribution in [2.45, 2.75) is 178 Å². The van der Waals surface area contributed by atoms with Crippen molar-refractivity contribution < 1.29 is 19.4 Å². The number of nitrogens with two attached hydrogens (primary N) is 2. The molecule has 11 aromatic carbocycles. The number of para-hydroxylation sites is 2. The van der Waals surface area contributed by atoms with E-state index in [0.29, 0.717) is 16.9 Å². The second kappa shape index (κ2) is 42.1. The zero-order valence-electron chi connectivity index (χ0n) is 71.6. The first-order valence-electron chi connectivity index (χ1n) is 38.6. The number of fused-ring (bicyclic) bond motifs is 2. The van der Waals surface area contributed by atoms with Crippen LogP contribution in [0, 0.1) is 20.8 Å². The number of nitrogen functional groups attached to an aromatic ring is 2. The van der Waals surface area contributed by atoms with Crippen LogP contribution in [0.3, 0.4) is 0 Å². The number of aromatic nitrogens is 2. The van der Waals surface area contributed by atoms with Gasteiger partial charge >= 0.3 is 0 Å². The first kappa shape index (κ1) is 97.2. The average Bonchev–Trinajstić information content (AvgIpc) is 1.58. The molecule has 0 saturated carbocycles. The van der Waals surface area contributed by atoms with Crippen molar-refractivity contribution in [2.75, 3.05) is 29.2 Å². The Morgan fingerprint density at radius 1 is 0.407 bits per heavy atom. The molecule has 0 bridgehead atoms. The normalized spacial score (nSPS) is 11.4. The molecule has 13 rings (SSSR count). The largest absolute Gasteiger partial charge is 0.507 e. The molecule has 118 heavy (non-hydrogen) atoms. The maximum absolute atomic E-state index is 12.3. The standard InChI is InChI=1S/C18H20BrNO.C18H18BrNS.C18H20BrNS.C17H16BrNOS.C10H14BrN.C10H15N.C8H7ClO2/c1-12-7-5-6-8-14(12)17(21)20-16-10-9-13(11-15(16)19)18(2,3)4;1-11-7-5-6-8-13(11)17-20-16-14(19)9-12(18(2,3)4)10-15(16)21-17;1-12-7-5-6-8-14(12)17(21)20-16-10-9-13(11-15(16)19)18(2,3)4;1-17(2,3)10-8-12(18)15-14(9-10)21-16(19-15)11-6-4-5-7-13(11)20;1-10(2,3)7-4-5-9(12)8(11)6-7;1-10(2,3)8-4-6-9(11)7-5-8;1-11-7-5-3-2-4-6(7)8(9)10/h5-11H,1-4H3,(H,20,21);5-10H,1-4H3;5-11H,1-4H3,(H,20,21);4-9,20H,1-3H3;4-6H,12H2,1-3H3;4-7H,11H2,1-3H3;2-5H,1H3. The second-order valence-corrected chi connectivity index (χ2v) is 41.8. The molecule has 620 valence electrons. The fraction of sp³-hybridized carbons (Fsp3) is 0.283. The molecule has 0 spiro atoms. The number of benzene rings is 11. The van der Waals surface area contributed by atoms with Gasteiger partial charge in [-0.2, -0.15) is 0 Å². The summed E-state index contributed by atoms with van der Waals surface area (Å²) in [6.45, 7) is 45.7. The van der Waals surface area contributed by atoms with Gasteiger partial charge in [-0.15, -0.1) is 22.7 Å². The number of nitrogens with zero attached hydrogens (tertiary/aromatic N) is 2. The van der Waals surface area contributed by atoms with E-state index in [9.17, 15) is 14.7 Å². The number of nitrogens with one attached hydrogen (secondary N) is 2. The predicted octanol–water partition coefficient (Wildman–Crippen LogP) is 31.2. The van der Waals surface area contributed by atoms with Crippen LogP contribution in [0.15, 0.2) is 247 Å². The molecular formula is C99H110Br5ClN6O4S3. The van der Waals surface area contributed by atoms with Crippen molar-refractivity contribution in [3.05, 3.63) is 314 Å². The predicted molar refractivity (Wildman–Crippen MR) is 531 cm³/mol. The molecule has 0 unspecified atom stereocenters.